The van der Waals surface area contributed by atoms with Gasteiger partial charge in [0.1, 0.15) is 24.1 Å². The Balaban J connectivity index is 1.81. The highest BCUT2D eigenvalue weighted by atomic mass is 16.5. The summed E-state index contributed by atoms with van der Waals surface area (Å²) in [4.78, 5) is 12.8. The van der Waals surface area contributed by atoms with Crippen molar-refractivity contribution in [3.8, 4) is 11.7 Å². The summed E-state index contributed by atoms with van der Waals surface area (Å²) in [5, 5.41) is 3.32. The zero-order valence-electron chi connectivity index (χ0n) is 10.9. The summed E-state index contributed by atoms with van der Waals surface area (Å²) in [6.07, 6.45) is 7.58. The number of hydrogen-bond acceptors (Lipinski definition) is 5. The Morgan fingerprint density at radius 1 is 1.32 bits per heavy atom. The van der Waals surface area contributed by atoms with Gasteiger partial charge in [0.25, 0.3) is 0 Å². The van der Waals surface area contributed by atoms with Gasteiger partial charge in [-0.1, -0.05) is 0 Å². The Labute approximate surface area is 111 Å². The molecule has 1 saturated heterocycles. The molecule has 3 heterocycles. The molecular weight excluding hydrogens is 242 g/mol. The van der Waals surface area contributed by atoms with Crippen LogP contribution >= 0.6 is 0 Å². The Hall–Kier alpha value is -1.95. The molecule has 100 valence electrons. The van der Waals surface area contributed by atoms with E-state index >= 15 is 0 Å². The summed E-state index contributed by atoms with van der Waals surface area (Å²) in [6, 6.07) is 1.86. The first kappa shape index (κ1) is 12.1. The van der Waals surface area contributed by atoms with Crippen molar-refractivity contribution >= 4 is 0 Å². The van der Waals surface area contributed by atoms with Crippen LogP contribution in [0.3, 0.4) is 0 Å². The van der Waals surface area contributed by atoms with E-state index in [4.69, 9.17) is 4.74 Å². The highest BCUT2D eigenvalue weighted by molar-refractivity contribution is 5.28. The van der Waals surface area contributed by atoms with Crippen molar-refractivity contribution in [3.63, 3.8) is 0 Å². The lowest BCUT2D eigenvalue weighted by molar-refractivity contribution is 0.155. The first-order chi connectivity index (χ1) is 9.31. The quantitative estimate of drug-likeness (QED) is 0.894. The number of ether oxygens (including phenoxy) is 1. The lowest BCUT2D eigenvalue weighted by Gasteiger charge is -2.23. The van der Waals surface area contributed by atoms with Crippen molar-refractivity contribution in [3.05, 3.63) is 30.6 Å². The second kappa shape index (κ2) is 5.36. The lowest BCUT2D eigenvalue weighted by Crippen LogP contribution is -2.34. The SMILES string of the molecule is Cc1nc(OC2CCNCC2)cc(-n2ccnc2)n1. The van der Waals surface area contributed by atoms with E-state index in [0.29, 0.717) is 11.7 Å². The average molecular weight is 259 g/mol. The molecule has 0 aromatic carbocycles. The third-order valence-corrected chi connectivity index (χ3v) is 3.14. The number of aromatic nitrogens is 4. The molecule has 0 aliphatic carbocycles. The van der Waals surface area contributed by atoms with Crippen molar-refractivity contribution in [1.29, 1.82) is 0 Å². The van der Waals surface area contributed by atoms with Gasteiger partial charge in [-0.25, -0.2) is 9.97 Å². The maximum absolute atomic E-state index is 5.95. The lowest BCUT2D eigenvalue weighted by atomic mass is 10.1. The normalized spacial score (nSPS) is 16.5. The summed E-state index contributed by atoms with van der Waals surface area (Å²) >= 11 is 0. The van der Waals surface area contributed by atoms with Crippen LogP contribution in [0.4, 0.5) is 0 Å². The van der Waals surface area contributed by atoms with E-state index in [0.717, 1.165) is 31.7 Å². The third-order valence-electron chi connectivity index (χ3n) is 3.14. The van der Waals surface area contributed by atoms with Crippen LogP contribution in [0.25, 0.3) is 5.82 Å². The van der Waals surface area contributed by atoms with Crippen molar-refractivity contribution in [2.45, 2.75) is 25.9 Å². The fourth-order valence-corrected chi connectivity index (χ4v) is 2.20. The fourth-order valence-electron chi connectivity index (χ4n) is 2.20. The van der Waals surface area contributed by atoms with Crippen molar-refractivity contribution in [2.24, 2.45) is 0 Å². The third kappa shape index (κ3) is 2.90. The minimum Gasteiger partial charge on any atom is -0.474 e. The zero-order valence-corrected chi connectivity index (χ0v) is 10.9. The molecule has 0 atom stereocenters. The second-order valence-electron chi connectivity index (χ2n) is 4.65. The van der Waals surface area contributed by atoms with Gasteiger partial charge in [-0.05, 0) is 32.9 Å². The Bertz CT molecular complexity index is 534. The number of nitrogens with one attached hydrogen (secondary N) is 1. The van der Waals surface area contributed by atoms with E-state index in [-0.39, 0.29) is 6.10 Å². The van der Waals surface area contributed by atoms with Gasteiger partial charge in [-0.3, -0.25) is 4.57 Å². The minimum absolute atomic E-state index is 0.242. The van der Waals surface area contributed by atoms with Crippen LogP contribution in [0.5, 0.6) is 5.88 Å². The average Bonchev–Trinajstić information content (AvgIpc) is 2.93. The van der Waals surface area contributed by atoms with Crippen LogP contribution in [0.2, 0.25) is 0 Å². The molecule has 1 fully saturated rings. The highest BCUT2D eigenvalue weighted by Crippen LogP contribution is 2.17. The van der Waals surface area contributed by atoms with E-state index in [9.17, 15) is 0 Å². The van der Waals surface area contributed by atoms with Crippen LogP contribution in [0, 0.1) is 6.92 Å². The Kier molecular flexibility index (Phi) is 3.41. The number of hydrogen-bond donors (Lipinski definition) is 1. The first-order valence-corrected chi connectivity index (χ1v) is 6.52. The van der Waals surface area contributed by atoms with Gasteiger partial charge < -0.3 is 10.1 Å². The molecule has 0 bridgehead atoms. The maximum Gasteiger partial charge on any atom is 0.219 e. The van der Waals surface area contributed by atoms with Crippen molar-refractivity contribution in [2.75, 3.05) is 13.1 Å². The number of nitrogens with zero attached hydrogens (tertiary/aromatic N) is 4. The van der Waals surface area contributed by atoms with Crippen LogP contribution in [-0.4, -0.2) is 38.7 Å². The van der Waals surface area contributed by atoms with Gasteiger partial charge in [0.05, 0.1) is 0 Å². The summed E-state index contributed by atoms with van der Waals surface area (Å²) in [5.41, 5.74) is 0. The van der Waals surface area contributed by atoms with E-state index in [1.807, 2.05) is 23.8 Å². The molecule has 1 N–H and O–H groups in total. The largest absolute Gasteiger partial charge is 0.474 e. The van der Waals surface area contributed by atoms with E-state index < -0.39 is 0 Å². The molecule has 0 saturated carbocycles. The van der Waals surface area contributed by atoms with Crippen LogP contribution in [-0.2, 0) is 0 Å². The number of rotatable bonds is 3. The van der Waals surface area contributed by atoms with Gasteiger partial charge >= 0.3 is 0 Å². The fraction of sp³-hybridized carbons (Fsp3) is 0.462. The summed E-state index contributed by atoms with van der Waals surface area (Å²) < 4.78 is 7.80. The van der Waals surface area contributed by atoms with E-state index in [1.54, 1.807) is 12.5 Å². The van der Waals surface area contributed by atoms with Crippen molar-refractivity contribution in [1.82, 2.24) is 24.8 Å². The molecule has 0 unspecified atom stereocenters. The molecule has 1 aliphatic heterocycles. The highest BCUT2D eigenvalue weighted by Gasteiger charge is 2.16. The predicted octanol–water partition coefficient (Wildman–Crippen LogP) is 1.10. The van der Waals surface area contributed by atoms with Crippen LogP contribution < -0.4 is 10.1 Å². The molecule has 2 aromatic rings. The van der Waals surface area contributed by atoms with Gasteiger partial charge in [0.15, 0.2) is 0 Å². The van der Waals surface area contributed by atoms with Gasteiger partial charge in [0.2, 0.25) is 5.88 Å². The van der Waals surface area contributed by atoms with Crippen LogP contribution in [0.15, 0.2) is 24.8 Å². The predicted molar refractivity (Wildman–Crippen MR) is 70.4 cm³/mol. The maximum atomic E-state index is 5.95. The molecule has 0 spiro atoms. The molecular formula is C13H17N5O. The minimum atomic E-state index is 0.242. The number of imidazole rings is 1. The zero-order chi connectivity index (χ0) is 13.1. The summed E-state index contributed by atoms with van der Waals surface area (Å²) in [5.74, 6) is 2.13. The first-order valence-electron chi connectivity index (χ1n) is 6.52. The molecule has 6 nitrogen and oxygen atoms in total. The Morgan fingerprint density at radius 3 is 2.89 bits per heavy atom. The Morgan fingerprint density at radius 2 is 2.16 bits per heavy atom. The standard InChI is InChI=1S/C13H17N5O/c1-10-16-12(18-7-6-15-9-18)8-13(17-10)19-11-2-4-14-5-3-11/h6-9,11,14H,2-5H2,1H3. The molecule has 1 aliphatic rings. The molecule has 0 amide bonds. The smallest absolute Gasteiger partial charge is 0.219 e. The molecule has 19 heavy (non-hydrogen) atoms. The van der Waals surface area contributed by atoms with Crippen LogP contribution in [0.1, 0.15) is 18.7 Å². The van der Waals surface area contributed by atoms with Gasteiger partial charge in [-0.15, -0.1) is 0 Å². The van der Waals surface area contributed by atoms with Gasteiger partial charge in [0, 0.05) is 18.5 Å². The molecule has 6 heteroatoms. The summed E-state index contributed by atoms with van der Waals surface area (Å²) in [7, 11) is 0. The summed E-state index contributed by atoms with van der Waals surface area (Å²) in [6.45, 7) is 3.88. The number of aryl methyl sites for hydroxylation is 1. The number of piperidine rings is 1. The van der Waals surface area contributed by atoms with Crippen molar-refractivity contribution < 1.29 is 4.74 Å². The van der Waals surface area contributed by atoms with E-state index in [2.05, 4.69) is 20.3 Å². The second-order valence-corrected chi connectivity index (χ2v) is 4.65. The topological polar surface area (TPSA) is 64.9 Å². The molecule has 3 rings (SSSR count). The van der Waals surface area contributed by atoms with Gasteiger partial charge in [-0.2, -0.15) is 4.98 Å². The monoisotopic (exact) mass is 259 g/mol. The molecule has 0 radical (unpaired) electrons. The molecule has 2 aromatic heterocycles. The van der Waals surface area contributed by atoms with E-state index in [1.165, 1.54) is 0 Å².